The molecule has 0 aliphatic carbocycles. The van der Waals surface area contributed by atoms with E-state index in [-0.39, 0.29) is 12.5 Å². The number of nitrogens with two attached hydrogens (primary N) is 1. The molecule has 0 spiro atoms. The molecule has 0 bridgehead atoms. The van der Waals surface area contributed by atoms with Crippen molar-refractivity contribution in [3.8, 4) is 0 Å². The lowest BCUT2D eigenvalue weighted by atomic mass is 9.85. The summed E-state index contributed by atoms with van der Waals surface area (Å²) in [4.78, 5) is 24.7. The molecule has 0 aromatic rings. The summed E-state index contributed by atoms with van der Waals surface area (Å²) in [7, 11) is 0. The van der Waals surface area contributed by atoms with E-state index in [0.29, 0.717) is 13.0 Å². The van der Waals surface area contributed by atoms with Crippen molar-refractivity contribution in [2.45, 2.75) is 51.7 Å². The molecule has 0 radical (unpaired) electrons. The van der Waals surface area contributed by atoms with Crippen molar-refractivity contribution in [1.82, 2.24) is 4.90 Å². The third-order valence-electron chi connectivity index (χ3n) is 3.31. The van der Waals surface area contributed by atoms with Crippen LogP contribution in [0.5, 0.6) is 0 Å². The lowest BCUT2D eigenvalue weighted by Gasteiger charge is -2.25. The van der Waals surface area contributed by atoms with Gasteiger partial charge in [-0.05, 0) is 27.2 Å². The molecule has 0 aromatic heterocycles. The number of carboxylic acids is 1. The quantitative estimate of drug-likeness (QED) is 0.810. The topological polar surface area (TPSA) is 92.9 Å². The summed E-state index contributed by atoms with van der Waals surface area (Å²) in [6.07, 6.45) is 1.02. The van der Waals surface area contributed by atoms with Crippen molar-refractivity contribution < 1.29 is 19.4 Å². The Balaban J connectivity index is 2.81. The first-order valence-corrected chi connectivity index (χ1v) is 6.60. The molecule has 0 aromatic carbocycles. The summed E-state index contributed by atoms with van der Waals surface area (Å²) in [5.41, 5.74) is 4.01. The normalized spacial score (nSPS) is 27.4. The molecule has 6 heteroatoms. The van der Waals surface area contributed by atoms with Crippen LogP contribution in [-0.2, 0) is 9.53 Å². The zero-order valence-electron chi connectivity index (χ0n) is 12.1. The molecule has 1 aliphatic rings. The van der Waals surface area contributed by atoms with Gasteiger partial charge in [-0.25, -0.2) is 4.79 Å². The third-order valence-corrected chi connectivity index (χ3v) is 3.31. The van der Waals surface area contributed by atoms with E-state index in [1.165, 1.54) is 4.90 Å². The van der Waals surface area contributed by atoms with Gasteiger partial charge in [0.25, 0.3) is 0 Å². The second-order valence-electron chi connectivity index (χ2n) is 6.19. The second-order valence-corrected chi connectivity index (χ2v) is 6.19. The van der Waals surface area contributed by atoms with Crippen LogP contribution in [0.25, 0.3) is 0 Å². The van der Waals surface area contributed by atoms with Gasteiger partial charge < -0.3 is 20.5 Å². The van der Waals surface area contributed by atoms with Crippen molar-refractivity contribution >= 4 is 12.1 Å². The highest BCUT2D eigenvalue weighted by molar-refractivity contribution is 5.82. The lowest BCUT2D eigenvalue weighted by molar-refractivity contribution is -0.144. The van der Waals surface area contributed by atoms with Crippen LogP contribution in [0.15, 0.2) is 0 Å². The first kappa shape index (κ1) is 15.8. The number of carbonyl (C=O) groups excluding carboxylic acids is 1. The monoisotopic (exact) mass is 272 g/mol. The van der Waals surface area contributed by atoms with Gasteiger partial charge in [0.15, 0.2) is 0 Å². The number of hydrogen-bond acceptors (Lipinski definition) is 4. The van der Waals surface area contributed by atoms with Crippen LogP contribution in [0.2, 0.25) is 0 Å². The molecular weight excluding hydrogens is 248 g/mol. The summed E-state index contributed by atoms with van der Waals surface area (Å²) in [5.74, 6) is -1.29. The molecule has 19 heavy (non-hydrogen) atoms. The highest BCUT2D eigenvalue weighted by Gasteiger charge is 2.51. The lowest BCUT2D eigenvalue weighted by Crippen LogP contribution is -2.55. The number of nitrogens with zero attached hydrogens (tertiary/aromatic N) is 1. The summed E-state index contributed by atoms with van der Waals surface area (Å²) < 4.78 is 5.26. The third kappa shape index (κ3) is 3.59. The number of amides is 1. The van der Waals surface area contributed by atoms with Crippen LogP contribution in [0, 0.1) is 5.92 Å². The van der Waals surface area contributed by atoms with E-state index >= 15 is 0 Å². The number of hydrogen-bond donors (Lipinski definition) is 2. The maximum atomic E-state index is 12.0. The molecule has 1 saturated heterocycles. The average molecular weight is 272 g/mol. The average Bonchev–Trinajstić information content (AvgIpc) is 2.56. The Kier molecular flexibility index (Phi) is 4.45. The fourth-order valence-corrected chi connectivity index (χ4v) is 2.34. The summed E-state index contributed by atoms with van der Waals surface area (Å²) in [6.45, 7) is 7.64. The molecule has 1 amide bonds. The highest BCUT2D eigenvalue weighted by atomic mass is 16.6. The molecule has 0 saturated carbocycles. The number of likely N-dealkylation sites (tertiary alicyclic amines) is 1. The van der Waals surface area contributed by atoms with Crippen molar-refractivity contribution in [2.75, 3.05) is 13.1 Å². The molecule has 1 rings (SSSR count). The highest BCUT2D eigenvalue weighted by Crippen LogP contribution is 2.30. The number of carboxylic acid groups (broad SMARTS) is 1. The molecule has 1 fully saturated rings. The molecule has 110 valence electrons. The van der Waals surface area contributed by atoms with Gasteiger partial charge in [-0.2, -0.15) is 0 Å². The van der Waals surface area contributed by atoms with E-state index in [9.17, 15) is 14.7 Å². The SMILES string of the molecule is CCC[C@H]1CN(C(=O)OC(C)(C)C)C[C@@]1(N)C(=O)O. The second kappa shape index (κ2) is 5.36. The molecule has 3 N–H and O–H groups in total. The van der Waals surface area contributed by atoms with Gasteiger partial charge in [-0.1, -0.05) is 13.3 Å². The minimum atomic E-state index is -1.37. The molecule has 6 nitrogen and oxygen atoms in total. The zero-order valence-corrected chi connectivity index (χ0v) is 12.1. The maximum Gasteiger partial charge on any atom is 0.410 e. The van der Waals surface area contributed by atoms with E-state index < -0.39 is 23.2 Å². The molecular formula is C13H24N2O4. The van der Waals surface area contributed by atoms with Crippen LogP contribution < -0.4 is 5.73 Å². The van der Waals surface area contributed by atoms with Crippen molar-refractivity contribution in [1.29, 1.82) is 0 Å². The summed E-state index contributed by atoms with van der Waals surface area (Å²) in [6, 6.07) is 0. The molecule has 0 unspecified atom stereocenters. The van der Waals surface area contributed by atoms with Crippen LogP contribution in [-0.4, -0.2) is 46.3 Å². The fraction of sp³-hybridized carbons (Fsp3) is 0.846. The number of ether oxygens (including phenoxy) is 1. The van der Waals surface area contributed by atoms with E-state index in [0.717, 1.165) is 6.42 Å². The molecule has 2 atom stereocenters. The predicted octanol–water partition coefficient (Wildman–Crippen LogP) is 1.44. The minimum absolute atomic E-state index is 0.00190. The van der Waals surface area contributed by atoms with Gasteiger partial charge >= 0.3 is 12.1 Å². The Morgan fingerprint density at radius 2 is 2.05 bits per heavy atom. The van der Waals surface area contributed by atoms with E-state index in [4.69, 9.17) is 10.5 Å². The Bertz CT molecular complexity index is 364. The molecule has 1 aliphatic heterocycles. The van der Waals surface area contributed by atoms with Gasteiger partial charge in [0, 0.05) is 12.5 Å². The zero-order chi connectivity index (χ0) is 14.8. The van der Waals surface area contributed by atoms with Crippen molar-refractivity contribution in [2.24, 2.45) is 11.7 Å². The van der Waals surface area contributed by atoms with Gasteiger partial charge in [0.05, 0.1) is 6.54 Å². The largest absolute Gasteiger partial charge is 0.480 e. The molecule has 1 heterocycles. The van der Waals surface area contributed by atoms with Gasteiger partial charge in [-0.3, -0.25) is 4.79 Å². The summed E-state index contributed by atoms with van der Waals surface area (Å²) >= 11 is 0. The number of carbonyl (C=O) groups is 2. The van der Waals surface area contributed by atoms with Crippen molar-refractivity contribution in [3.63, 3.8) is 0 Å². The van der Waals surface area contributed by atoms with Crippen LogP contribution >= 0.6 is 0 Å². The minimum Gasteiger partial charge on any atom is -0.480 e. The Morgan fingerprint density at radius 1 is 1.47 bits per heavy atom. The van der Waals surface area contributed by atoms with Gasteiger partial charge in [0.2, 0.25) is 0 Å². The van der Waals surface area contributed by atoms with E-state index in [1.54, 1.807) is 20.8 Å². The number of rotatable bonds is 3. The standard InChI is InChI=1S/C13H24N2O4/c1-5-6-9-7-15(8-13(9,14)10(16)17)11(18)19-12(2,3)4/h9H,5-8,14H2,1-4H3,(H,16,17)/t9-,13-/m0/s1. The Labute approximate surface area is 113 Å². The Morgan fingerprint density at radius 3 is 2.47 bits per heavy atom. The van der Waals surface area contributed by atoms with Crippen LogP contribution in [0.3, 0.4) is 0 Å². The van der Waals surface area contributed by atoms with E-state index in [1.807, 2.05) is 6.92 Å². The predicted molar refractivity (Wildman–Crippen MR) is 70.8 cm³/mol. The smallest absolute Gasteiger partial charge is 0.410 e. The van der Waals surface area contributed by atoms with Gasteiger partial charge in [-0.15, -0.1) is 0 Å². The maximum absolute atomic E-state index is 12.0. The van der Waals surface area contributed by atoms with Crippen LogP contribution in [0.1, 0.15) is 40.5 Å². The first-order valence-electron chi connectivity index (χ1n) is 6.60. The van der Waals surface area contributed by atoms with Gasteiger partial charge in [0.1, 0.15) is 11.1 Å². The van der Waals surface area contributed by atoms with Crippen LogP contribution in [0.4, 0.5) is 4.79 Å². The van der Waals surface area contributed by atoms with E-state index in [2.05, 4.69) is 0 Å². The fourth-order valence-electron chi connectivity index (χ4n) is 2.34. The summed E-state index contributed by atoms with van der Waals surface area (Å²) in [5, 5.41) is 9.30. The van der Waals surface area contributed by atoms with Crippen molar-refractivity contribution in [3.05, 3.63) is 0 Å². The number of aliphatic carboxylic acids is 1. The Hall–Kier alpha value is -1.30. The first-order chi connectivity index (χ1) is 8.60.